The van der Waals surface area contributed by atoms with Crippen LogP contribution >= 0.6 is 0 Å². The molecule has 94 valence electrons. The predicted molar refractivity (Wildman–Crippen MR) is 68.3 cm³/mol. The van der Waals surface area contributed by atoms with Gasteiger partial charge in [-0.1, -0.05) is 26.8 Å². The van der Waals surface area contributed by atoms with E-state index in [0.717, 1.165) is 11.3 Å². The van der Waals surface area contributed by atoms with E-state index in [2.05, 4.69) is 10.3 Å². The van der Waals surface area contributed by atoms with E-state index in [-0.39, 0.29) is 11.3 Å². The maximum atomic E-state index is 11.8. The molecule has 0 aliphatic carbocycles. The van der Waals surface area contributed by atoms with Gasteiger partial charge in [-0.3, -0.25) is 9.78 Å². The van der Waals surface area contributed by atoms with Crippen molar-refractivity contribution in [3.05, 3.63) is 29.6 Å². The lowest BCUT2D eigenvalue weighted by Crippen LogP contribution is -2.48. The first-order valence-electron chi connectivity index (χ1n) is 5.76. The predicted octanol–water partition coefficient (Wildman–Crippen LogP) is 1.38. The molecule has 1 aromatic rings. The van der Waals surface area contributed by atoms with Crippen molar-refractivity contribution in [3.8, 4) is 0 Å². The first kappa shape index (κ1) is 13.6. The van der Waals surface area contributed by atoms with Gasteiger partial charge in [0.25, 0.3) is 0 Å². The van der Waals surface area contributed by atoms with Crippen LogP contribution in [0.5, 0.6) is 0 Å². The maximum Gasteiger partial charge on any atom is 0.237 e. The quantitative estimate of drug-likeness (QED) is 0.831. The van der Waals surface area contributed by atoms with E-state index in [9.17, 15) is 4.79 Å². The Morgan fingerprint density at radius 3 is 2.71 bits per heavy atom. The van der Waals surface area contributed by atoms with E-state index in [1.54, 1.807) is 6.20 Å². The van der Waals surface area contributed by atoms with E-state index in [0.29, 0.717) is 6.54 Å². The van der Waals surface area contributed by atoms with Crippen molar-refractivity contribution in [2.75, 3.05) is 0 Å². The van der Waals surface area contributed by atoms with Crippen LogP contribution in [0.4, 0.5) is 0 Å². The number of rotatable bonds is 3. The Kier molecular flexibility index (Phi) is 4.23. The van der Waals surface area contributed by atoms with Gasteiger partial charge in [-0.05, 0) is 24.0 Å². The summed E-state index contributed by atoms with van der Waals surface area (Å²) in [6, 6.07) is 3.34. The molecule has 3 N–H and O–H groups in total. The van der Waals surface area contributed by atoms with Crippen LogP contribution in [0, 0.1) is 12.3 Å². The highest BCUT2D eigenvalue weighted by molar-refractivity contribution is 5.82. The standard InChI is InChI=1S/C13H21N3O/c1-9-6-5-7-15-10(9)8-16-12(17)11(14)13(2,3)4/h5-7,11H,8,14H2,1-4H3,(H,16,17)/t11-/m0/s1. The zero-order chi connectivity index (χ0) is 13.1. The van der Waals surface area contributed by atoms with Crippen molar-refractivity contribution in [2.45, 2.75) is 40.3 Å². The molecular formula is C13H21N3O. The third kappa shape index (κ3) is 3.82. The number of nitrogens with zero attached hydrogens (tertiary/aromatic N) is 1. The van der Waals surface area contributed by atoms with Crippen molar-refractivity contribution in [1.29, 1.82) is 0 Å². The largest absolute Gasteiger partial charge is 0.349 e. The zero-order valence-corrected chi connectivity index (χ0v) is 10.9. The van der Waals surface area contributed by atoms with Gasteiger partial charge >= 0.3 is 0 Å². The summed E-state index contributed by atoms with van der Waals surface area (Å²) in [6.07, 6.45) is 1.72. The van der Waals surface area contributed by atoms with Crippen molar-refractivity contribution in [2.24, 2.45) is 11.1 Å². The fourth-order valence-corrected chi connectivity index (χ4v) is 1.38. The minimum atomic E-state index is -0.508. The Balaban J connectivity index is 2.58. The number of nitrogens with one attached hydrogen (secondary N) is 1. The van der Waals surface area contributed by atoms with Crippen LogP contribution in [0.25, 0.3) is 0 Å². The van der Waals surface area contributed by atoms with Crippen LogP contribution in [0.2, 0.25) is 0 Å². The monoisotopic (exact) mass is 235 g/mol. The number of nitrogens with two attached hydrogens (primary N) is 1. The molecule has 0 spiro atoms. The molecule has 4 heteroatoms. The van der Waals surface area contributed by atoms with E-state index in [1.165, 1.54) is 0 Å². The van der Waals surface area contributed by atoms with Gasteiger partial charge in [0.1, 0.15) is 0 Å². The summed E-state index contributed by atoms with van der Waals surface area (Å²) in [5.74, 6) is -0.137. The highest BCUT2D eigenvalue weighted by atomic mass is 16.2. The van der Waals surface area contributed by atoms with E-state index >= 15 is 0 Å². The summed E-state index contributed by atoms with van der Waals surface area (Å²) < 4.78 is 0. The van der Waals surface area contributed by atoms with Gasteiger partial charge in [0.15, 0.2) is 0 Å². The van der Waals surface area contributed by atoms with Crippen LogP contribution in [-0.4, -0.2) is 16.9 Å². The summed E-state index contributed by atoms with van der Waals surface area (Å²) in [4.78, 5) is 16.0. The lowest BCUT2D eigenvalue weighted by molar-refractivity contribution is -0.124. The van der Waals surface area contributed by atoms with Gasteiger partial charge in [0.05, 0.1) is 18.3 Å². The molecule has 0 saturated carbocycles. The number of amides is 1. The minimum Gasteiger partial charge on any atom is -0.349 e. The average molecular weight is 235 g/mol. The molecule has 0 aromatic carbocycles. The number of hydrogen-bond donors (Lipinski definition) is 2. The molecule has 0 bridgehead atoms. The fraction of sp³-hybridized carbons (Fsp3) is 0.538. The Hall–Kier alpha value is -1.42. The van der Waals surface area contributed by atoms with Gasteiger partial charge in [-0.2, -0.15) is 0 Å². The van der Waals surface area contributed by atoms with Gasteiger partial charge in [-0.15, -0.1) is 0 Å². The second kappa shape index (κ2) is 5.27. The van der Waals surface area contributed by atoms with Gasteiger partial charge in [0, 0.05) is 6.20 Å². The molecule has 0 aliphatic heterocycles. The molecule has 17 heavy (non-hydrogen) atoms. The molecule has 1 rings (SSSR count). The number of pyridine rings is 1. The fourth-order valence-electron chi connectivity index (χ4n) is 1.38. The average Bonchev–Trinajstić information content (AvgIpc) is 2.25. The van der Waals surface area contributed by atoms with E-state index in [1.807, 2.05) is 39.8 Å². The van der Waals surface area contributed by atoms with Crippen LogP contribution in [-0.2, 0) is 11.3 Å². The highest BCUT2D eigenvalue weighted by Gasteiger charge is 2.27. The van der Waals surface area contributed by atoms with E-state index < -0.39 is 6.04 Å². The number of aromatic nitrogens is 1. The summed E-state index contributed by atoms with van der Waals surface area (Å²) in [5, 5.41) is 2.82. The maximum absolute atomic E-state index is 11.8. The number of aryl methyl sites for hydroxylation is 1. The molecule has 0 unspecified atom stereocenters. The van der Waals surface area contributed by atoms with E-state index in [4.69, 9.17) is 5.73 Å². The first-order chi connectivity index (χ1) is 7.82. The summed E-state index contributed by atoms with van der Waals surface area (Å²) in [7, 11) is 0. The Labute approximate surface area is 103 Å². The topological polar surface area (TPSA) is 68.0 Å². The molecule has 1 atom stereocenters. The number of carbonyl (C=O) groups is 1. The molecule has 0 aliphatic rings. The van der Waals surface area contributed by atoms with Gasteiger partial charge in [0.2, 0.25) is 5.91 Å². The highest BCUT2D eigenvalue weighted by Crippen LogP contribution is 2.17. The summed E-state index contributed by atoms with van der Waals surface area (Å²) in [6.45, 7) is 8.24. The lowest BCUT2D eigenvalue weighted by Gasteiger charge is -2.25. The van der Waals surface area contributed by atoms with Crippen molar-refractivity contribution >= 4 is 5.91 Å². The molecule has 1 aromatic heterocycles. The van der Waals surface area contributed by atoms with Crippen molar-refractivity contribution in [1.82, 2.24) is 10.3 Å². The zero-order valence-electron chi connectivity index (χ0n) is 10.9. The smallest absolute Gasteiger partial charge is 0.237 e. The molecule has 1 heterocycles. The molecule has 0 fully saturated rings. The molecule has 4 nitrogen and oxygen atoms in total. The van der Waals surface area contributed by atoms with Gasteiger partial charge < -0.3 is 11.1 Å². The van der Waals surface area contributed by atoms with Crippen LogP contribution < -0.4 is 11.1 Å². The second-order valence-corrected chi connectivity index (χ2v) is 5.33. The Morgan fingerprint density at radius 1 is 1.53 bits per heavy atom. The molecular weight excluding hydrogens is 214 g/mol. The molecule has 0 radical (unpaired) electrons. The number of carbonyl (C=O) groups excluding carboxylic acids is 1. The normalized spacial score (nSPS) is 13.2. The minimum absolute atomic E-state index is 0.137. The van der Waals surface area contributed by atoms with Crippen molar-refractivity contribution in [3.63, 3.8) is 0 Å². The first-order valence-corrected chi connectivity index (χ1v) is 5.76. The second-order valence-electron chi connectivity index (χ2n) is 5.33. The lowest BCUT2D eigenvalue weighted by atomic mass is 9.87. The summed E-state index contributed by atoms with van der Waals surface area (Å²) in [5.41, 5.74) is 7.57. The summed E-state index contributed by atoms with van der Waals surface area (Å²) >= 11 is 0. The van der Waals surface area contributed by atoms with Crippen LogP contribution in [0.3, 0.4) is 0 Å². The Bertz CT molecular complexity index is 396. The Morgan fingerprint density at radius 2 is 2.18 bits per heavy atom. The number of hydrogen-bond acceptors (Lipinski definition) is 3. The third-order valence-corrected chi connectivity index (χ3v) is 2.76. The van der Waals surface area contributed by atoms with Crippen molar-refractivity contribution < 1.29 is 4.79 Å². The molecule has 0 saturated heterocycles. The third-order valence-electron chi connectivity index (χ3n) is 2.76. The van der Waals surface area contributed by atoms with Gasteiger partial charge in [-0.25, -0.2) is 0 Å². The molecule has 1 amide bonds. The van der Waals surface area contributed by atoms with Crippen LogP contribution in [0.1, 0.15) is 32.0 Å². The SMILES string of the molecule is Cc1cccnc1CNC(=O)[C@H](N)C(C)(C)C. The van der Waals surface area contributed by atoms with Crippen LogP contribution in [0.15, 0.2) is 18.3 Å².